The van der Waals surface area contributed by atoms with Gasteiger partial charge in [-0.2, -0.15) is 0 Å². The summed E-state index contributed by atoms with van der Waals surface area (Å²) in [6, 6.07) is 0. The van der Waals surface area contributed by atoms with Crippen molar-refractivity contribution in [1.82, 2.24) is 8.01 Å². The van der Waals surface area contributed by atoms with Crippen LogP contribution in [-0.2, 0) is 4.79 Å². The lowest BCUT2D eigenvalue weighted by atomic mass is 10.2. The first kappa shape index (κ1) is 11.4. The molecule has 1 rings (SSSR count). The van der Waals surface area contributed by atoms with Crippen LogP contribution in [0.1, 0.15) is 19.8 Å². The van der Waals surface area contributed by atoms with Crippen molar-refractivity contribution in [3.8, 4) is 0 Å². The molecule has 1 heterocycles. The third-order valence-corrected chi connectivity index (χ3v) is 3.29. The van der Waals surface area contributed by atoms with Gasteiger partial charge in [-0.25, -0.2) is 3.11 Å². The maximum absolute atomic E-state index is 10.7. The fourth-order valence-electron chi connectivity index (χ4n) is 1.50. The molecule has 0 amide bonds. The highest BCUT2D eigenvalue weighted by Crippen LogP contribution is 2.07. The summed E-state index contributed by atoms with van der Waals surface area (Å²) in [7, 11) is 0. The molecule has 1 fully saturated rings. The summed E-state index contributed by atoms with van der Waals surface area (Å²) in [6.45, 7) is 7.37. The molecule has 0 bridgehead atoms. The number of piperazine rings is 1. The Morgan fingerprint density at radius 1 is 1.31 bits per heavy atom. The Morgan fingerprint density at radius 2 is 1.92 bits per heavy atom. The van der Waals surface area contributed by atoms with Crippen molar-refractivity contribution in [2.24, 2.45) is 0 Å². The van der Waals surface area contributed by atoms with E-state index in [2.05, 4.69) is 30.9 Å². The summed E-state index contributed by atoms with van der Waals surface area (Å²) in [4.78, 5) is 13.2. The van der Waals surface area contributed by atoms with Crippen LogP contribution in [-0.4, -0.2) is 46.5 Å². The number of hydrogen-bond acceptors (Lipinski definition) is 3. The van der Waals surface area contributed by atoms with Gasteiger partial charge >= 0.3 is 0 Å². The highest BCUT2D eigenvalue weighted by Gasteiger charge is 2.13. The Labute approximate surface area is 94.0 Å². The number of halogens is 1. The lowest BCUT2D eigenvalue weighted by Gasteiger charge is -2.30. The summed E-state index contributed by atoms with van der Waals surface area (Å²) in [5.74, 6) is 0.313. The van der Waals surface area contributed by atoms with Crippen LogP contribution in [0.15, 0.2) is 0 Å². The van der Waals surface area contributed by atoms with E-state index >= 15 is 0 Å². The van der Waals surface area contributed by atoms with Crippen LogP contribution in [0.5, 0.6) is 0 Å². The van der Waals surface area contributed by atoms with Crippen LogP contribution in [0, 0.1) is 0 Å². The molecule has 76 valence electrons. The van der Waals surface area contributed by atoms with E-state index in [1.54, 1.807) is 6.92 Å². The average molecular weight is 296 g/mol. The molecule has 0 saturated carbocycles. The summed E-state index contributed by atoms with van der Waals surface area (Å²) in [5.41, 5.74) is 0. The molecule has 1 aliphatic rings. The monoisotopic (exact) mass is 296 g/mol. The Hall–Kier alpha value is 0.320. The molecule has 13 heavy (non-hydrogen) atoms. The normalized spacial score (nSPS) is 20.5. The predicted molar refractivity (Wildman–Crippen MR) is 61.9 cm³/mol. The minimum Gasteiger partial charge on any atom is -0.301 e. The van der Waals surface area contributed by atoms with Gasteiger partial charge in [0, 0.05) is 55.5 Å². The highest BCUT2D eigenvalue weighted by molar-refractivity contribution is 14.1. The fraction of sp³-hybridized carbons (Fsp3) is 0.889. The zero-order valence-electron chi connectivity index (χ0n) is 8.13. The summed E-state index contributed by atoms with van der Waals surface area (Å²) >= 11 is 2.37. The van der Waals surface area contributed by atoms with Gasteiger partial charge in [0.1, 0.15) is 5.78 Å². The lowest BCUT2D eigenvalue weighted by molar-refractivity contribution is -0.117. The minimum atomic E-state index is 0.313. The van der Waals surface area contributed by atoms with E-state index in [1.807, 2.05) is 0 Å². The molecule has 1 saturated heterocycles. The Bertz CT molecular complexity index is 167. The molecule has 0 aromatic heterocycles. The first-order chi connectivity index (χ1) is 6.18. The number of Topliss-reactive ketones (excluding diaryl/α,β-unsaturated/α-hetero) is 1. The van der Waals surface area contributed by atoms with E-state index in [-0.39, 0.29) is 0 Å². The lowest BCUT2D eigenvalue weighted by Crippen LogP contribution is -2.42. The Morgan fingerprint density at radius 3 is 2.46 bits per heavy atom. The second kappa shape index (κ2) is 5.93. The van der Waals surface area contributed by atoms with Crippen molar-refractivity contribution < 1.29 is 4.79 Å². The molecule has 1 aliphatic heterocycles. The van der Waals surface area contributed by atoms with Gasteiger partial charge in [0.15, 0.2) is 0 Å². The largest absolute Gasteiger partial charge is 0.301 e. The molecule has 3 nitrogen and oxygen atoms in total. The second-order valence-corrected chi connectivity index (χ2v) is 4.92. The molecule has 4 heteroatoms. The van der Waals surface area contributed by atoms with E-state index in [0.29, 0.717) is 5.78 Å². The second-order valence-electron chi connectivity index (χ2n) is 3.56. The van der Waals surface area contributed by atoms with Crippen molar-refractivity contribution >= 4 is 28.6 Å². The van der Waals surface area contributed by atoms with Gasteiger partial charge in [0.25, 0.3) is 0 Å². The van der Waals surface area contributed by atoms with Crippen molar-refractivity contribution in [2.75, 3.05) is 32.7 Å². The Kier molecular flexibility index (Phi) is 5.20. The van der Waals surface area contributed by atoms with E-state index < -0.39 is 0 Å². The first-order valence-electron chi connectivity index (χ1n) is 4.81. The van der Waals surface area contributed by atoms with Crippen molar-refractivity contribution in [3.05, 3.63) is 0 Å². The molecule has 0 atom stereocenters. The van der Waals surface area contributed by atoms with Crippen molar-refractivity contribution in [3.63, 3.8) is 0 Å². The summed E-state index contributed by atoms with van der Waals surface area (Å²) in [5, 5.41) is 0. The van der Waals surface area contributed by atoms with Crippen LogP contribution >= 0.6 is 22.9 Å². The topological polar surface area (TPSA) is 23.6 Å². The minimum absolute atomic E-state index is 0.313. The number of rotatable bonds is 4. The van der Waals surface area contributed by atoms with Gasteiger partial charge in [-0.3, -0.25) is 0 Å². The molecule has 0 aliphatic carbocycles. The SMILES string of the molecule is CC(=O)CCCN1CCN(I)CC1. The number of ketones is 1. The molecule has 0 aromatic rings. The number of carbonyl (C=O) groups excluding carboxylic acids is 1. The molecular formula is C9H17IN2O. The third-order valence-electron chi connectivity index (χ3n) is 2.32. The molecule has 0 spiro atoms. The molecular weight excluding hydrogens is 279 g/mol. The highest BCUT2D eigenvalue weighted by atomic mass is 127. The zero-order valence-corrected chi connectivity index (χ0v) is 10.3. The van der Waals surface area contributed by atoms with Crippen LogP contribution in [0.3, 0.4) is 0 Å². The van der Waals surface area contributed by atoms with Crippen LogP contribution in [0.2, 0.25) is 0 Å². The first-order valence-corrected chi connectivity index (χ1v) is 5.77. The van der Waals surface area contributed by atoms with Gasteiger partial charge in [-0.15, -0.1) is 0 Å². The predicted octanol–water partition coefficient (Wildman–Crippen LogP) is 1.32. The maximum Gasteiger partial charge on any atom is 0.129 e. The quantitative estimate of drug-likeness (QED) is 0.577. The molecule has 0 N–H and O–H groups in total. The number of nitrogens with zero attached hydrogens (tertiary/aromatic N) is 2. The van der Waals surface area contributed by atoms with Gasteiger partial charge < -0.3 is 9.69 Å². The summed E-state index contributed by atoms with van der Waals surface area (Å²) in [6.07, 6.45) is 1.76. The standard InChI is InChI=1S/C9H17IN2O/c1-9(13)3-2-4-11-5-7-12(10)8-6-11/h2-8H2,1H3. The van der Waals surface area contributed by atoms with Crippen molar-refractivity contribution in [2.45, 2.75) is 19.8 Å². The number of carbonyl (C=O) groups is 1. The van der Waals surface area contributed by atoms with Gasteiger partial charge in [-0.05, 0) is 19.9 Å². The smallest absolute Gasteiger partial charge is 0.129 e. The van der Waals surface area contributed by atoms with Gasteiger partial charge in [0.2, 0.25) is 0 Å². The molecule has 0 aromatic carbocycles. The average Bonchev–Trinajstić information content (AvgIpc) is 2.08. The van der Waals surface area contributed by atoms with E-state index in [9.17, 15) is 4.79 Å². The molecule has 0 radical (unpaired) electrons. The fourth-order valence-corrected chi connectivity index (χ4v) is 1.93. The van der Waals surface area contributed by atoms with E-state index in [0.717, 1.165) is 45.6 Å². The van der Waals surface area contributed by atoms with Gasteiger partial charge in [-0.1, -0.05) is 0 Å². The molecule has 0 unspecified atom stereocenters. The van der Waals surface area contributed by atoms with Crippen LogP contribution in [0.4, 0.5) is 0 Å². The maximum atomic E-state index is 10.7. The van der Waals surface area contributed by atoms with E-state index in [4.69, 9.17) is 0 Å². The summed E-state index contributed by atoms with van der Waals surface area (Å²) < 4.78 is 2.32. The van der Waals surface area contributed by atoms with Crippen molar-refractivity contribution in [1.29, 1.82) is 0 Å². The van der Waals surface area contributed by atoms with Gasteiger partial charge in [0.05, 0.1) is 0 Å². The van der Waals surface area contributed by atoms with E-state index in [1.165, 1.54) is 0 Å². The van der Waals surface area contributed by atoms with Crippen LogP contribution < -0.4 is 0 Å². The zero-order chi connectivity index (χ0) is 9.68. The Balaban J connectivity index is 2.05. The number of hydrogen-bond donors (Lipinski definition) is 0. The third kappa shape index (κ3) is 4.93. The van der Waals surface area contributed by atoms with Crippen LogP contribution in [0.25, 0.3) is 0 Å².